The van der Waals surface area contributed by atoms with E-state index in [0.29, 0.717) is 44.7 Å². The zero-order valence-electron chi connectivity index (χ0n) is 31.6. The van der Waals surface area contributed by atoms with Gasteiger partial charge in [-0.2, -0.15) is 15.2 Å². The first kappa shape index (κ1) is 39.5. The number of amides is 3. The first-order valence-corrected chi connectivity index (χ1v) is 19.6. The van der Waals surface area contributed by atoms with Gasteiger partial charge in [-0.05, 0) is 70.7 Å². The van der Waals surface area contributed by atoms with Crippen LogP contribution in [0.4, 0.5) is 28.8 Å². The van der Waals surface area contributed by atoms with Gasteiger partial charge in [-0.1, -0.05) is 17.7 Å². The van der Waals surface area contributed by atoms with E-state index in [1.54, 1.807) is 20.8 Å². The number of aromatic nitrogens is 2. The Morgan fingerprint density at radius 2 is 1.91 bits per heavy atom. The molecule has 2 aromatic heterocycles. The lowest BCUT2D eigenvalue weighted by atomic mass is 9.94. The zero-order chi connectivity index (χ0) is 40.3. The molecule has 17 heteroatoms. The molecule has 0 radical (unpaired) electrons. The van der Waals surface area contributed by atoms with Gasteiger partial charge in [0.05, 0.1) is 20.8 Å². The molecule has 0 spiro atoms. The van der Waals surface area contributed by atoms with Crippen LogP contribution in [0, 0.1) is 28.9 Å². The van der Waals surface area contributed by atoms with Crippen LogP contribution >= 0.6 is 22.9 Å². The summed E-state index contributed by atoms with van der Waals surface area (Å²) in [5.74, 6) is -2.32. The van der Waals surface area contributed by atoms with Gasteiger partial charge in [0.25, 0.3) is 0 Å². The summed E-state index contributed by atoms with van der Waals surface area (Å²) in [6.07, 6.45) is 0.847. The van der Waals surface area contributed by atoms with Gasteiger partial charge in [0.15, 0.2) is 5.82 Å². The maximum absolute atomic E-state index is 17.3. The molecular weight excluding hydrogens is 771 g/mol. The minimum absolute atomic E-state index is 0.0102. The van der Waals surface area contributed by atoms with E-state index >= 15 is 8.78 Å². The third-order valence-electron chi connectivity index (χ3n) is 10.8. The summed E-state index contributed by atoms with van der Waals surface area (Å²) in [5, 5.41) is 13.0. The van der Waals surface area contributed by atoms with E-state index in [1.165, 1.54) is 26.1 Å². The molecule has 3 fully saturated rings. The van der Waals surface area contributed by atoms with E-state index in [4.69, 9.17) is 26.1 Å². The number of carbonyl (C=O) groups is 3. The van der Waals surface area contributed by atoms with Crippen LogP contribution in [0.5, 0.6) is 6.01 Å². The van der Waals surface area contributed by atoms with Crippen molar-refractivity contribution in [2.24, 2.45) is 5.92 Å². The number of piperidine rings is 1. The number of alkyl halides is 1. The fourth-order valence-corrected chi connectivity index (χ4v) is 9.46. The highest BCUT2D eigenvalue weighted by atomic mass is 35.5. The Labute approximate surface area is 330 Å². The second-order valence-electron chi connectivity index (χ2n) is 15.7. The van der Waals surface area contributed by atoms with Gasteiger partial charge in [0, 0.05) is 62.3 Å². The van der Waals surface area contributed by atoms with Gasteiger partial charge >= 0.3 is 12.1 Å². The molecule has 3 aliphatic heterocycles. The van der Waals surface area contributed by atoms with E-state index in [9.17, 15) is 24.0 Å². The van der Waals surface area contributed by atoms with Crippen LogP contribution in [0.25, 0.3) is 32.1 Å². The van der Waals surface area contributed by atoms with Gasteiger partial charge in [0.1, 0.15) is 46.6 Å². The topological polar surface area (TPSA) is 141 Å². The number of imide groups is 1. The molecule has 0 saturated carbocycles. The quantitative estimate of drug-likeness (QED) is 0.196. The minimum Gasteiger partial charge on any atom is -0.461 e. The van der Waals surface area contributed by atoms with Crippen LogP contribution in [0.1, 0.15) is 65.4 Å². The number of carbonyl (C=O) groups excluding carboxylic acids is 3. The van der Waals surface area contributed by atoms with Crippen molar-refractivity contribution in [3.8, 4) is 23.2 Å². The predicted octanol–water partition coefficient (Wildman–Crippen LogP) is 7.84. The van der Waals surface area contributed by atoms with Crippen LogP contribution in [-0.2, 0) is 14.3 Å². The van der Waals surface area contributed by atoms with Crippen LogP contribution in [-0.4, -0.2) is 94.8 Å². The number of anilines is 2. The number of nitrogens with zero attached hydrogens (tertiary/aromatic N) is 6. The fourth-order valence-electron chi connectivity index (χ4n) is 8.10. The molecule has 3 amide bonds. The van der Waals surface area contributed by atoms with Crippen LogP contribution in [0.2, 0.25) is 5.02 Å². The van der Waals surface area contributed by atoms with E-state index in [1.807, 2.05) is 11.0 Å². The highest BCUT2D eigenvalue weighted by Gasteiger charge is 2.49. The Morgan fingerprint density at radius 3 is 2.59 bits per heavy atom. The van der Waals surface area contributed by atoms with Crippen molar-refractivity contribution in [1.29, 1.82) is 5.26 Å². The normalized spacial score (nSPS) is 20.3. The summed E-state index contributed by atoms with van der Waals surface area (Å²) in [4.78, 5) is 51.9. The molecule has 3 aliphatic rings. The maximum atomic E-state index is 17.3. The number of hydrogen-bond acceptors (Lipinski definition) is 11. The molecule has 56 heavy (non-hydrogen) atoms. The summed E-state index contributed by atoms with van der Waals surface area (Å²) in [6.45, 7) is 8.15. The number of thiophene rings is 1. The molecule has 12 nitrogen and oxygen atoms in total. The number of ether oxygens (including phenoxy) is 2. The van der Waals surface area contributed by atoms with E-state index in [2.05, 4.69) is 15.2 Å². The highest BCUT2D eigenvalue weighted by molar-refractivity contribution is 7.23. The number of nitriles is 1. The predicted molar refractivity (Wildman–Crippen MR) is 207 cm³/mol. The number of fused-ring (bicyclic) bond motifs is 3. The number of hydrogen-bond donors (Lipinski definition) is 1. The SMILES string of the molecule is CC(=O)N(C)C(=O)C1CCN(c2nc(OC[C@@]34CCCN3C[C@H](F)C4)nc3c(F)c(-c4ccc(F)c5sc(NC(=O)OC(C)(C)C)c(C#N)c45)c(Cl)cc23)CC1. The maximum Gasteiger partial charge on any atom is 0.412 e. The molecule has 2 atom stereocenters. The van der Waals surface area contributed by atoms with Gasteiger partial charge in [-0.3, -0.25) is 24.7 Å². The van der Waals surface area contributed by atoms with Crippen LogP contribution < -0.4 is 15.0 Å². The smallest absolute Gasteiger partial charge is 0.412 e. The molecule has 0 unspecified atom stereocenters. The Morgan fingerprint density at radius 1 is 1.18 bits per heavy atom. The molecule has 296 valence electrons. The number of halogens is 4. The Hall–Kier alpha value is -4.72. The summed E-state index contributed by atoms with van der Waals surface area (Å²) < 4.78 is 58.9. The molecule has 7 rings (SSSR count). The second kappa shape index (κ2) is 15.0. The second-order valence-corrected chi connectivity index (χ2v) is 17.1. The summed E-state index contributed by atoms with van der Waals surface area (Å²) in [6, 6.07) is 5.85. The molecule has 0 bridgehead atoms. The molecule has 0 aliphatic carbocycles. The Balaban J connectivity index is 1.33. The van der Waals surface area contributed by atoms with Crippen molar-refractivity contribution >= 4 is 72.7 Å². The van der Waals surface area contributed by atoms with E-state index in [0.717, 1.165) is 41.7 Å². The van der Waals surface area contributed by atoms with Crippen LogP contribution in [0.15, 0.2) is 18.2 Å². The van der Waals surface area contributed by atoms with Crippen molar-refractivity contribution in [2.45, 2.75) is 77.1 Å². The lowest BCUT2D eigenvalue weighted by Gasteiger charge is -2.34. The first-order chi connectivity index (χ1) is 26.5. The lowest BCUT2D eigenvalue weighted by Crippen LogP contribution is -2.44. The average molecular weight is 812 g/mol. The number of nitrogens with one attached hydrogen (secondary N) is 1. The van der Waals surface area contributed by atoms with Crippen molar-refractivity contribution < 1.29 is 37.0 Å². The molecular formula is C39H41ClF3N7O5S. The van der Waals surface area contributed by atoms with Gasteiger partial charge in [-0.15, -0.1) is 11.3 Å². The Kier molecular flexibility index (Phi) is 10.6. The largest absolute Gasteiger partial charge is 0.461 e. The first-order valence-electron chi connectivity index (χ1n) is 18.4. The van der Waals surface area contributed by atoms with E-state index in [-0.39, 0.29) is 72.1 Å². The van der Waals surface area contributed by atoms with Gasteiger partial charge in [0.2, 0.25) is 11.8 Å². The lowest BCUT2D eigenvalue weighted by molar-refractivity contribution is -0.145. The molecule has 3 saturated heterocycles. The number of benzene rings is 2. The third-order valence-corrected chi connectivity index (χ3v) is 12.2. The standard InChI is InChI=1S/C39H41ClF3N7O5S/c1-20(51)48(5)35(52)21-9-13-49(14-10-21)33-24-15-26(40)29(30(43)31(24)45-36(46-33)54-19-39-11-6-12-50(39)18-22(41)16-39)23-7-8-27(42)32-28(23)25(17-44)34(56-32)47-37(53)55-38(2,3)4/h7-8,15,21-22H,6,9-14,16,18-19H2,1-5H3,(H,47,53)/t22-,39+/m1/s1. The zero-order valence-corrected chi connectivity index (χ0v) is 33.2. The summed E-state index contributed by atoms with van der Waals surface area (Å²) in [7, 11) is 1.45. The van der Waals surface area contributed by atoms with Crippen molar-refractivity contribution in [3.63, 3.8) is 0 Å². The number of rotatable bonds is 7. The molecule has 1 N–H and O–H groups in total. The highest BCUT2D eigenvalue weighted by Crippen LogP contribution is 2.47. The van der Waals surface area contributed by atoms with Gasteiger partial charge < -0.3 is 14.4 Å². The van der Waals surface area contributed by atoms with Crippen molar-refractivity contribution in [2.75, 3.05) is 50.1 Å². The van der Waals surface area contributed by atoms with E-state index < -0.39 is 41.0 Å². The van der Waals surface area contributed by atoms with Crippen molar-refractivity contribution in [1.82, 2.24) is 19.8 Å². The molecule has 2 aromatic carbocycles. The molecule has 4 aromatic rings. The minimum atomic E-state index is -0.997. The summed E-state index contributed by atoms with van der Waals surface area (Å²) >= 11 is 7.72. The fraction of sp³-hybridized carbons (Fsp3) is 0.487. The van der Waals surface area contributed by atoms with Gasteiger partial charge in [-0.25, -0.2) is 18.0 Å². The molecule has 5 heterocycles. The van der Waals surface area contributed by atoms with Crippen molar-refractivity contribution in [3.05, 3.63) is 40.4 Å². The Bertz CT molecular complexity index is 2300. The average Bonchev–Trinajstić information content (AvgIpc) is 3.80. The summed E-state index contributed by atoms with van der Waals surface area (Å²) in [5.41, 5.74) is -1.73. The third kappa shape index (κ3) is 7.32. The monoisotopic (exact) mass is 811 g/mol. The van der Waals surface area contributed by atoms with Crippen LogP contribution in [0.3, 0.4) is 0 Å².